The Kier molecular flexibility index (Phi) is 58.4. The molecule has 0 heterocycles. The zero-order chi connectivity index (χ0) is 52.0. The molecule has 0 saturated heterocycles. The van der Waals surface area contributed by atoms with Gasteiger partial charge in [-0.2, -0.15) is 0 Å². The fourth-order valence-electron chi connectivity index (χ4n) is 8.26. The third kappa shape index (κ3) is 58.9. The van der Waals surface area contributed by atoms with Crippen molar-refractivity contribution in [2.75, 3.05) is 13.2 Å². The van der Waals surface area contributed by atoms with E-state index in [9.17, 15) is 14.7 Å². The third-order valence-electron chi connectivity index (χ3n) is 12.7. The van der Waals surface area contributed by atoms with Crippen molar-refractivity contribution in [1.82, 2.24) is 0 Å². The number of allylic oxidation sites excluding steroid dienone is 20. The average Bonchev–Trinajstić information content (AvgIpc) is 3.38. The number of hydrogen-bond acceptors (Lipinski definition) is 5. The first-order valence-electron chi connectivity index (χ1n) is 30.1. The standard InChI is InChI=1S/C67H112O5/c1-3-5-7-9-11-13-15-17-19-21-23-25-27-29-31-33-35-37-39-41-43-45-47-49-51-53-55-57-59-61-66(69)71-64-65(63-68)72-67(70)62-60-58-56-54-52-50-48-46-44-42-40-38-36-34-32-30-28-26-24-22-20-18-16-14-12-10-8-6-4-2/h6,8,12,14,18,20-21,23-24,26,30,32,36,38,42,44,48,50,54,56,65,68H,3-5,7,9-11,13,15-17,19,22,25,27-29,31,33-35,37,39-41,43,45-47,49,51-53,55,57-64H2,1-2H3/b8-6-,14-12-,20-18-,23-21-,26-24-,32-30-,38-36-,44-42-,50-48-,56-54-. The highest BCUT2D eigenvalue weighted by atomic mass is 16.6. The second-order valence-corrected chi connectivity index (χ2v) is 19.7. The summed E-state index contributed by atoms with van der Waals surface area (Å²) < 4.78 is 10.7. The number of hydrogen-bond donors (Lipinski definition) is 1. The van der Waals surface area contributed by atoms with E-state index < -0.39 is 6.10 Å². The molecule has 5 heteroatoms. The van der Waals surface area contributed by atoms with Gasteiger partial charge >= 0.3 is 11.9 Å². The number of carbonyl (C=O) groups excluding carboxylic acids is 2. The maximum Gasteiger partial charge on any atom is 0.306 e. The van der Waals surface area contributed by atoms with E-state index in [4.69, 9.17) is 9.47 Å². The van der Waals surface area contributed by atoms with E-state index in [0.29, 0.717) is 12.8 Å². The molecule has 0 aromatic rings. The zero-order valence-corrected chi connectivity index (χ0v) is 46.9. The van der Waals surface area contributed by atoms with Crippen LogP contribution in [0.5, 0.6) is 0 Å². The molecule has 0 saturated carbocycles. The summed E-state index contributed by atoms with van der Waals surface area (Å²) in [5, 5.41) is 9.66. The van der Waals surface area contributed by atoms with Crippen LogP contribution in [0.4, 0.5) is 0 Å². The van der Waals surface area contributed by atoms with Crippen molar-refractivity contribution in [3.63, 3.8) is 0 Å². The number of aliphatic hydroxyl groups is 1. The lowest BCUT2D eigenvalue weighted by Gasteiger charge is -2.15. The van der Waals surface area contributed by atoms with Crippen LogP contribution in [0.2, 0.25) is 0 Å². The van der Waals surface area contributed by atoms with Gasteiger partial charge in [-0.15, -0.1) is 0 Å². The lowest BCUT2D eigenvalue weighted by atomic mass is 10.0. The van der Waals surface area contributed by atoms with Gasteiger partial charge in [-0.25, -0.2) is 0 Å². The Bertz CT molecular complexity index is 1450. The summed E-state index contributed by atoms with van der Waals surface area (Å²) in [4.78, 5) is 24.5. The van der Waals surface area contributed by atoms with Crippen LogP contribution in [0.3, 0.4) is 0 Å². The minimum absolute atomic E-state index is 0.0945. The summed E-state index contributed by atoms with van der Waals surface area (Å²) in [5.74, 6) is -0.660. The Labute approximate surface area is 445 Å². The second-order valence-electron chi connectivity index (χ2n) is 19.7. The summed E-state index contributed by atoms with van der Waals surface area (Å²) >= 11 is 0. The number of unbranched alkanes of at least 4 members (excludes halogenated alkanes) is 26. The molecule has 1 atom stereocenters. The number of rotatable bonds is 54. The highest BCUT2D eigenvalue weighted by Crippen LogP contribution is 2.16. The van der Waals surface area contributed by atoms with Gasteiger partial charge < -0.3 is 14.6 Å². The molecule has 0 aliphatic rings. The van der Waals surface area contributed by atoms with Crippen LogP contribution in [-0.4, -0.2) is 36.4 Å². The molecule has 0 spiro atoms. The molecule has 0 fully saturated rings. The fraction of sp³-hybridized carbons (Fsp3) is 0.672. The van der Waals surface area contributed by atoms with Crippen molar-refractivity contribution in [2.45, 2.75) is 277 Å². The molecule has 5 nitrogen and oxygen atoms in total. The average molecular weight is 998 g/mol. The second kappa shape index (κ2) is 61.6. The van der Waals surface area contributed by atoms with Crippen LogP contribution in [0, 0.1) is 0 Å². The lowest BCUT2D eigenvalue weighted by Crippen LogP contribution is -2.28. The van der Waals surface area contributed by atoms with E-state index in [1.165, 1.54) is 154 Å². The predicted molar refractivity (Wildman–Crippen MR) is 315 cm³/mol. The van der Waals surface area contributed by atoms with E-state index in [1.807, 2.05) is 0 Å². The molecule has 0 amide bonds. The van der Waals surface area contributed by atoms with Gasteiger partial charge in [-0.3, -0.25) is 9.59 Å². The normalized spacial score (nSPS) is 13.1. The maximum atomic E-state index is 12.3. The highest BCUT2D eigenvalue weighted by molar-refractivity contribution is 5.70. The van der Waals surface area contributed by atoms with Gasteiger partial charge in [0.1, 0.15) is 6.61 Å². The van der Waals surface area contributed by atoms with Gasteiger partial charge in [0.15, 0.2) is 6.10 Å². The molecule has 1 unspecified atom stereocenters. The number of esters is 2. The zero-order valence-electron chi connectivity index (χ0n) is 46.9. The lowest BCUT2D eigenvalue weighted by molar-refractivity contribution is -0.161. The Hall–Kier alpha value is -3.70. The quantitative estimate of drug-likeness (QED) is 0.0373. The molecule has 0 aliphatic heterocycles. The van der Waals surface area contributed by atoms with Crippen molar-refractivity contribution in [1.29, 1.82) is 0 Å². The van der Waals surface area contributed by atoms with E-state index in [0.717, 1.165) is 83.5 Å². The van der Waals surface area contributed by atoms with Crippen molar-refractivity contribution in [3.8, 4) is 0 Å². The minimum Gasteiger partial charge on any atom is -0.462 e. The number of aliphatic hydroxyl groups excluding tert-OH is 1. The molecular weight excluding hydrogens is 885 g/mol. The van der Waals surface area contributed by atoms with Crippen LogP contribution >= 0.6 is 0 Å². The molecule has 0 aromatic carbocycles. The molecule has 0 aliphatic carbocycles. The Morgan fingerprint density at radius 3 is 0.958 bits per heavy atom. The number of carbonyl (C=O) groups is 2. The Morgan fingerprint density at radius 1 is 0.333 bits per heavy atom. The van der Waals surface area contributed by atoms with E-state index in [2.05, 4.69) is 135 Å². The third-order valence-corrected chi connectivity index (χ3v) is 12.7. The van der Waals surface area contributed by atoms with Crippen LogP contribution in [-0.2, 0) is 19.1 Å². The SMILES string of the molecule is CC/C=C\C/C=C\C/C=C\C/C=C\C/C=C\C/C=C\C/C=C\C/C=C\C/C=C\CCCC(=O)OC(CO)COC(=O)CCCCCCCCCCCCCCCCCCC/C=C\CCCCCCCCCC. The summed E-state index contributed by atoms with van der Waals surface area (Å²) in [6.07, 6.45) is 90.5. The molecule has 410 valence electrons. The molecule has 0 rings (SSSR count). The van der Waals surface area contributed by atoms with Gasteiger partial charge in [0, 0.05) is 12.8 Å². The maximum absolute atomic E-state index is 12.3. The topological polar surface area (TPSA) is 72.8 Å². The molecule has 0 radical (unpaired) electrons. The van der Waals surface area contributed by atoms with E-state index in [1.54, 1.807) is 0 Å². The summed E-state index contributed by atoms with van der Waals surface area (Å²) in [6, 6.07) is 0. The van der Waals surface area contributed by atoms with Crippen molar-refractivity contribution >= 4 is 11.9 Å². The predicted octanol–water partition coefficient (Wildman–Crippen LogP) is 20.6. The molecule has 0 bridgehead atoms. The van der Waals surface area contributed by atoms with E-state index in [-0.39, 0.29) is 31.6 Å². The summed E-state index contributed by atoms with van der Waals surface area (Å²) in [6.45, 7) is 4.00. The van der Waals surface area contributed by atoms with Crippen molar-refractivity contribution in [2.24, 2.45) is 0 Å². The monoisotopic (exact) mass is 997 g/mol. The van der Waals surface area contributed by atoms with E-state index >= 15 is 0 Å². The first kappa shape index (κ1) is 68.3. The molecule has 72 heavy (non-hydrogen) atoms. The molecule has 1 N–H and O–H groups in total. The first-order chi connectivity index (χ1) is 35.6. The Balaban J connectivity index is 3.60. The van der Waals surface area contributed by atoms with Crippen LogP contribution in [0.1, 0.15) is 271 Å². The molecule has 0 aromatic heterocycles. The van der Waals surface area contributed by atoms with Gasteiger partial charge in [0.25, 0.3) is 0 Å². The van der Waals surface area contributed by atoms with Crippen LogP contribution in [0.15, 0.2) is 122 Å². The van der Waals surface area contributed by atoms with Crippen LogP contribution < -0.4 is 0 Å². The smallest absolute Gasteiger partial charge is 0.306 e. The van der Waals surface area contributed by atoms with Crippen LogP contribution in [0.25, 0.3) is 0 Å². The summed E-state index contributed by atoms with van der Waals surface area (Å²) in [7, 11) is 0. The molecular formula is C67H112O5. The van der Waals surface area contributed by atoms with Gasteiger partial charge in [0.2, 0.25) is 0 Å². The largest absolute Gasteiger partial charge is 0.462 e. The number of ether oxygens (including phenoxy) is 2. The van der Waals surface area contributed by atoms with Crippen molar-refractivity contribution < 1.29 is 24.2 Å². The Morgan fingerprint density at radius 2 is 0.611 bits per heavy atom. The fourth-order valence-corrected chi connectivity index (χ4v) is 8.26. The summed E-state index contributed by atoms with van der Waals surface area (Å²) in [5.41, 5.74) is 0. The highest BCUT2D eigenvalue weighted by Gasteiger charge is 2.16. The van der Waals surface area contributed by atoms with Gasteiger partial charge in [0.05, 0.1) is 6.61 Å². The van der Waals surface area contributed by atoms with Gasteiger partial charge in [-0.05, 0) is 103 Å². The van der Waals surface area contributed by atoms with Gasteiger partial charge in [-0.1, -0.05) is 277 Å². The first-order valence-corrected chi connectivity index (χ1v) is 30.1. The van der Waals surface area contributed by atoms with Crippen molar-refractivity contribution in [3.05, 3.63) is 122 Å². The minimum atomic E-state index is -0.812.